The highest BCUT2D eigenvalue weighted by molar-refractivity contribution is 8.16. The smallest absolute Gasteiger partial charge is 0.338 e. The number of ether oxygens (including phenoxy) is 2. The first-order chi connectivity index (χ1) is 16.4. The topological polar surface area (TPSA) is 80.2 Å². The molecule has 4 rings (SSSR count). The lowest BCUT2D eigenvalue weighted by atomic mass is 9.94. The van der Waals surface area contributed by atoms with E-state index >= 15 is 0 Å². The molecule has 34 heavy (non-hydrogen) atoms. The molecule has 1 amide bonds. The number of allylic oxidation sites excluding steroid dienone is 1. The Hall–Kier alpha value is -3.52. The molecule has 1 atom stereocenters. The minimum Gasteiger partial charge on any atom is -0.484 e. The molecule has 0 fully saturated rings. The number of aryl methyl sites for hydroxylation is 2. The molecule has 0 bridgehead atoms. The van der Waals surface area contributed by atoms with Gasteiger partial charge in [0.05, 0.1) is 23.9 Å². The number of carbonyl (C=O) groups excluding carboxylic acids is 2. The van der Waals surface area contributed by atoms with Gasteiger partial charge in [-0.2, -0.15) is 0 Å². The third kappa shape index (κ3) is 5.17. The second-order valence-electron chi connectivity index (χ2n) is 8.11. The number of thioether (sulfide) groups is 1. The molecule has 0 spiro atoms. The summed E-state index contributed by atoms with van der Waals surface area (Å²) >= 11 is 1.50. The van der Waals surface area contributed by atoms with Crippen LogP contribution in [0.5, 0.6) is 5.75 Å². The van der Waals surface area contributed by atoms with Crippen LogP contribution in [0, 0.1) is 13.8 Å². The predicted molar refractivity (Wildman–Crippen MR) is 135 cm³/mol. The molecule has 2 aliphatic rings. The van der Waals surface area contributed by atoms with E-state index in [1.807, 2.05) is 73.7 Å². The molecule has 2 aromatic rings. The van der Waals surface area contributed by atoms with Gasteiger partial charge in [0.2, 0.25) is 0 Å². The molecular weight excluding hydrogens is 450 g/mol. The fourth-order valence-corrected chi connectivity index (χ4v) is 4.86. The van der Waals surface area contributed by atoms with E-state index in [4.69, 9.17) is 9.47 Å². The molecule has 8 heteroatoms. The van der Waals surface area contributed by atoms with Crippen LogP contribution in [0.3, 0.4) is 0 Å². The van der Waals surface area contributed by atoms with Crippen molar-refractivity contribution >= 4 is 34.5 Å². The average molecular weight is 478 g/mol. The fraction of sp³-hybridized carbons (Fsp3) is 0.269. The number of fused-ring (bicyclic) bond motifs is 1. The van der Waals surface area contributed by atoms with Crippen LogP contribution >= 0.6 is 11.8 Å². The molecule has 2 aliphatic heterocycles. The van der Waals surface area contributed by atoms with Gasteiger partial charge in [0.25, 0.3) is 5.91 Å². The van der Waals surface area contributed by atoms with Crippen molar-refractivity contribution in [2.75, 3.05) is 18.5 Å². The molecule has 0 saturated carbocycles. The van der Waals surface area contributed by atoms with Crippen LogP contribution in [0.2, 0.25) is 0 Å². The molecule has 0 saturated heterocycles. The number of nitrogens with one attached hydrogen (secondary N) is 1. The van der Waals surface area contributed by atoms with Crippen LogP contribution in [0.4, 0.5) is 5.69 Å². The van der Waals surface area contributed by atoms with Crippen molar-refractivity contribution in [2.45, 2.75) is 33.7 Å². The Bertz CT molecular complexity index is 1200. The van der Waals surface area contributed by atoms with E-state index < -0.39 is 12.0 Å². The summed E-state index contributed by atoms with van der Waals surface area (Å²) in [6.45, 7) is 7.72. The van der Waals surface area contributed by atoms with Gasteiger partial charge < -0.3 is 19.7 Å². The Labute approximate surface area is 203 Å². The molecule has 2 aromatic carbocycles. The second-order valence-corrected chi connectivity index (χ2v) is 8.99. The van der Waals surface area contributed by atoms with Crippen molar-refractivity contribution < 1.29 is 19.1 Å². The quantitative estimate of drug-likeness (QED) is 0.560. The van der Waals surface area contributed by atoms with Gasteiger partial charge in [-0.15, -0.1) is 0 Å². The molecule has 0 aliphatic carbocycles. The lowest BCUT2D eigenvalue weighted by molar-refractivity contribution is -0.139. The zero-order chi connectivity index (χ0) is 24.2. The van der Waals surface area contributed by atoms with Gasteiger partial charge in [-0.1, -0.05) is 30.0 Å². The lowest BCUT2D eigenvalue weighted by Crippen LogP contribution is -2.34. The van der Waals surface area contributed by atoms with Crippen LogP contribution in [0.15, 0.2) is 70.3 Å². The SMILES string of the molecule is CCOC(=O)C1=C(C)N=C2SC=CN2[C@@H]1c1cccc(OCC(=O)Nc2cc(C)cc(C)c2)c1. The van der Waals surface area contributed by atoms with Gasteiger partial charge in [-0.25, -0.2) is 9.79 Å². The molecule has 0 aromatic heterocycles. The maximum atomic E-state index is 12.8. The lowest BCUT2D eigenvalue weighted by Gasteiger charge is -2.33. The summed E-state index contributed by atoms with van der Waals surface area (Å²) in [5.41, 5.74) is 4.86. The van der Waals surface area contributed by atoms with Gasteiger partial charge in [-0.3, -0.25) is 4.79 Å². The van der Waals surface area contributed by atoms with E-state index in [0.29, 0.717) is 17.0 Å². The standard InChI is InChI=1S/C26H27N3O4S/c1-5-32-25(31)23-18(4)27-26-29(9-10-34-26)24(23)19-7-6-8-21(14-19)33-15-22(30)28-20-12-16(2)11-17(3)13-20/h6-14,24H,5,15H2,1-4H3,(H,28,30)/t24-/m1/s1. The molecule has 7 nitrogen and oxygen atoms in total. The zero-order valence-electron chi connectivity index (χ0n) is 19.6. The molecule has 2 heterocycles. The Morgan fingerprint density at radius 1 is 1.12 bits per heavy atom. The molecule has 0 radical (unpaired) electrons. The maximum absolute atomic E-state index is 12.8. The highest BCUT2D eigenvalue weighted by Crippen LogP contribution is 2.41. The maximum Gasteiger partial charge on any atom is 0.338 e. The fourth-order valence-electron chi connectivity index (χ4n) is 4.07. The summed E-state index contributed by atoms with van der Waals surface area (Å²) < 4.78 is 11.1. The zero-order valence-corrected chi connectivity index (χ0v) is 20.4. The largest absolute Gasteiger partial charge is 0.484 e. The van der Waals surface area contributed by atoms with E-state index in [0.717, 1.165) is 27.5 Å². The Morgan fingerprint density at radius 2 is 1.88 bits per heavy atom. The monoisotopic (exact) mass is 477 g/mol. The molecule has 0 unspecified atom stereocenters. The number of benzene rings is 2. The van der Waals surface area contributed by atoms with Gasteiger partial charge in [-0.05, 0) is 74.1 Å². The Morgan fingerprint density at radius 3 is 2.62 bits per heavy atom. The van der Waals surface area contributed by atoms with Crippen LogP contribution in [0.25, 0.3) is 0 Å². The number of esters is 1. The number of amidine groups is 1. The van der Waals surface area contributed by atoms with E-state index in [-0.39, 0.29) is 19.1 Å². The van der Waals surface area contributed by atoms with E-state index in [1.165, 1.54) is 11.8 Å². The van der Waals surface area contributed by atoms with Crippen molar-refractivity contribution in [3.05, 3.63) is 82.0 Å². The highest BCUT2D eigenvalue weighted by atomic mass is 32.2. The van der Waals surface area contributed by atoms with E-state index in [2.05, 4.69) is 10.3 Å². The molecule has 1 N–H and O–H groups in total. The summed E-state index contributed by atoms with van der Waals surface area (Å²) in [4.78, 5) is 31.8. The van der Waals surface area contributed by atoms with Crippen molar-refractivity contribution in [3.8, 4) is 5.75 Å². The van der Waals surface area contributed by atoms with Gasteiger partial charge in [0.15, 0.2) is 11.8 Å². The molecular formula is C26H27N3O4S. The third-order valence-corrected chi connectivity index (χ3v) is 6.14. The van der Waals surface area contributed by atoms with Crippen molar-refractivity contribution in [2.24, 2.45) is 4.99 Å². The van der Waals surface area contributed by atoms with Crippen molar-refractivity contribution in [1.82, 2.24) is 4.90 Å². The number of rotatable bonds is 7. The number of nitrogens with zero attached hydrogens (tertiary/aromatic N) is 2. The van der Waals surface area contributed by atoms with Gasteiger partial charge >= 0.3 is 5.97 Å². The summed E-state index contributed by atoms with van der Waals surface area (Å²) in [5, 5.41) is 5.61. The van der Waals surface area contributed by atoms with E-state index in [1.54, 1.807) is 13.0 Å². The summed E-state index contributed by atoms with van der Waals surface area (Å²) in [6, 6.07) is 12.9. The van der Waals surface area contributed by atoms with Crippen molar-refractivity contribution in [1.29, 1.82) is 0 Å². The number of hydrogen-bond acceptors (Lipinski definition) is 7. The van der Waals surface area contributed by atoms with Crippen LogP contribution in [-0.2, 0) is 14.3 Å². The number of hydrogen-bond donors (Lipinski definition) is 1. The number of amides is 1. The highest BCUT2D eigenvalue weighted by Gasteiger charge is 2.37. The number of aliphatic imine (C=N–C) groups is 1. The second kappa shape index (κ2) is 10.2. The first-order valence-corrected chi connectivity index (χ1v) is 11.9. The Balaban J connectivity index is 1.52. The third-order valence-electron chi connectivity index (χ3n) is 5.37. The minimum absolute atomic E-state index is 0.132. The summed E-state index contributed by atoms with van der Waals surface area (Å²) in [6.07, 6.45) is 1.91. The summed E-state index contributed by atoms with van der Waals surface area (Å²) in [5.74, 6) is -0.101. The molecule has 176 valence electrons. The summed E-state index contributed by atoms with van der Waals surface area (Å²) in [7, 11) is 0. The van der Waals surface area contributed by atoms with Crippen LogP contribution in [0.1, 0.15) is 36.6 Å². The van der Waals surface area contributed by atoms with Crippen LogP contribution in [-0.4, -0.2) is 35.2 Å². The number of carbonyl (C=O) groups is 2. The first-order valence-electron chi connectivity index (χ1n) is 11.0. The minimum atomic E-state index is -0.398. The van der Waals surface area contributed by atoms with E-state index in [9.17, 15) is 9.59 Å². The van der Waals surface area contributed by atoms with Gasteiger partial charge in [0.1, 0.15) is 5.75 Å². The first kappa shape index (κ1) is 23.6. The van der Waals surface area contributed by atoms with Gasteiger partial charge in [0, 0.05) is 11.9 Å². The van der Waals surface area contributed by atoms with Crippen molar-refractivity contribution in [3.63, 3.8) is 0 Å². The normalized spacial score (nSPS) is 16.8. The predicted octanol–water partition coefficient (Wildman–Crippen LogP) is 5.09. The number of anilines is 1. The average Bonchev–Trinajstić information content (AvgIpc) is 3.24. The van der Waals surface area contributed by atoms with Crippen LogP contribution < -0.4 is 10.1 Å². The Kier molecular flexibility index (Phi) is 7.07.